The zero-order chi connectivity index (χ0) is 22.7. The van der Waals surface area contributed by atoms with E-state index < -0.39 is 23.3 Å². The topological polar surface area (TPSA) is 94.2 Å². The number of pyridine rings is 1. The Morgan fingerprint density at radius 2 is 1.84 bits per heavy atom. The van der Waals surface area contributed by atoms with Crippen molar-refractivity contribution in [2.24, 2.45) is 5.92 Å². The summed E-state index contributed by atoms with van der Waals surface area (Å²) in [5, 5.41) is 15.6. The highest BCUT2D eigenvalue weighted by Crippen LogP contribution is 2.21. The van der Waals surface area contributed by atoms with Crippen LogP contribution in [0, 0.1) is 11.7 Å². The number of carbonyl (C=O) groups excluding carboxylic acids is 1. The van der Waals surface area contributed by atoms with Crippen molar-refractivity contribution in [1.29, 1.82) is 0 Å². The normalized spacial score (nSPS) is 12.2. The minimum atomic E-state index is -0.453. The maximum atomic E-state index is 14.1. The third-order valence-corrected chi connectivity index (χ3v) is 5.00. The molecule has 1 N–H and O–H groups in total. The largest absolute Gasteiger partial charge is 0.344 e. The van der Waals surface area contributed by atoms with E-state index in [1.807, 2.05) is 42.6 Å². The van der Waals surface area contributed by atoms with Crippen LogP contribution in [0.4, 0.5) is 4.39 Å². The van der Waals surface area contributed by atoms with Gasteiger partial charge in [-0.15, -0.1) is 10.2 Å². The Kier molecular flexibility index (Phi) is 6.07. The van der Waals surface area contributed by atoms with Gasteiger partial charge in [0.1, 0.15) is 12.4 Å². The summed E-state index contributed by atoms with van der Waals surface area (Å²) in [4.78, 5) is 25.2. The first-order chi connectivity index (χ1) is 15.4. The lowest BCUT2D eigenvalue weighted by Crippen LogP contribution is -2.36. The highest BCUT2D eigenvalue weighted by molar-refractivity contribution is 5.76. The van der Waals surface area contributed by atoms with Gasteiger partial charge < -0.3 is 5.32 Å². The third kappa shape index (κ3) is 4.56. The molecule has 32 heavy (non-hydrogen) atoms. The van der Waals surface area contributed by atoms with E-state index in [2.05, 4.69) is 20.6 Å². The van der Waals surface area contributed by atoms with Gasteiger partial charge in [-0.05, 0) is 42.7 Å². The number of carbonyl (C=O) groups is 1. The van der Waals surface area contributed by atoms with Gasteiger partial charge in [0.2, 0.25) is 5.91 Å². The highest BCUT2D eigenvalue weighted by atomic mass is 19.1. The molecule has 0 aliphatic carbocycles. The highest BCUT2D eigenvalue weighted by Gasteiger charge is 2.22. The quantitative estimate of drug-likeness (QED) is 0.483. The Morgan fingerprint density at radius 3 is 2.62 bits per heavy atom. The van der Waals surface area contributed by atoms with Gasteiger partial charge in [-0.1, -0.05) is 32.0 Å². The standard InChI is InChI=1S/C23H23FN6O2/c1-15(2)13-19(23-27-26-20-9-5-6-12-29(20)23)25-21(31)14-30-22(32)11-10-18(28-30)16-7-3-4-8-17(16)24/h3-12,15,19H,13-14H2,1-2H3,(H,25,31)/t19-/m1/s1. The molecule has 4 aromatic rings. The van der Waals surface area contributed by atoms with Crippen LogP contribution in [0.3, 0.4) is 0 Å². The molecule has 3 aromatic heterocycles. The summed E-state index contributed by atoms with van der Waals surface area (Å²) in [7, 11) is 0. The second kappa shape index (κ2) is 9.09. The van der Waals surface area contributed by atoms with E-state index in [1.165, 1.54) is 18.2 Å². The van der Waals surface area contributed by atoms with Crippen LogP contribution < -0.4 is 10.9 Å². The van der Waals surface area contributed by atoms with Crippen molar-refractivity contribution in [3.63, 3.8) is 0 Å². The molecule has 1 amide bonds. The first kappa shape index (κ1) is 21.4. The van der Waals surface area contributed by atoms with Crippen LogP contribution in [-0.4, -0.2) is 30.3 Å². The van der Waals surface area contributed by atoms with Gasteiger partial charge in [0.15, 0.2) is 11.5 Å². The molecular weight excluding hydrogens is 411 g/mol. The van der Waals surface area contributed by atoms with Gasteiger partial charge >= 0.3 is 0 Å². The van der Waals surface area contributed by atoms with Gasteiger partial charge in [-0.25, -0.2) is 9.07 Å². The number of aromatic nitrogens is 5. The van der Waals surface area contributed by atoms with Crippen molar-refractivity contribution in [3.05, 3.63) is 82.8 Å². The van der Waals surface area contributed by atoms with E-state index in [-0.39, 0.29) is 23.7 Å². The van der Waals surface area contributed by atoms with E-state index >= 15 is 0 Å². The van der Waals surface area contributed by atoms with Gasteiger partial charge in [0.25, 0.3) is 5.56 Å². The summed E-state index contributed by atoms with van der Waals surface area (Å²) in [5.74, 6) is 0.0404. The lowest BCUT2D eigenvalue weighted by atomic mass is 10.0. The average molecular weight is 434 g/mol. The Labute approximate surface area is 183 Å². The van der Waals surface area contributed by atoms with Crippen LogP contribution in [0.2, 0.25) is 0 Å². The molecule has 0 unspecified atom stereocenters. The van der Waals surface area contributed by atoms with Crippen LogP contribution >= 0.6 is 0 Å². The molecule has 1 aromatic carbocycles. The molecule has 0 aliphatic heterocycles. The lowest BCUT2D eigenvalue weighted by Gasteiger charge is -2.19. The number of fused-ring (bicyclic) bond motifs is 1. The molecule has 0 bridgehead atoms. The summed E-state index contributed by atoms with van der Waals surface area (Å²) >= 11 is 0. The number of nitrogens with zero attached hydrogens (tertiary/aromatic N) is 5. The van der Waals surface area contributed by atoms with Crippen LogP contribution in [0.5, 0.6) is 0 Å². The fourth-order valence-electron chi connectivity index (χ4n) is 3.55. The molecule has 8 nitrogen and oxygen atoms in total. The Bertz CT molecular complexity index is 1310. The molecule has 0 saturated heterocycles. The van der Waals surface area contributed by atoms with Crippen molar-refractivity contribution in [1.82, 2.24) is 29.7 Å². The maximum absolute atomic E-state index is 14.1. The summed E-state index contributed by atoms with van der Waals surface area (Å²) < 4.78 is 17.0. The van der Waals surface area contributed by atoms with E-state index in [0.717, 1.165) is 4.68 Å². The molecule has 164 valence electrons. The number of amides is 1. The van der Waals surface area contributed by atoms with E-state index in [0.29, 0.717) is 17.9 Å². The molecule has 4 rings (SSSR count). The number of nitrogens with one attached hydrogen (secondary N) is 1. The predicted molar refractivity (Wildman–Crippen MR) is 117 cm³/mol. The van der Waals surface area contributed by atoms with Crippen molar-refractivity contribution < 1.29 is 9.18 Å². The molecular formula is C23H23FN6O2. The molecule has 9 heteroatoms. The second-order valence-corrected chi connectivity index (χ2v) is 7.93. The van der Waals surface area contributed by atoms with Crippen LogP contribution in [0.15, 0.2) is 65.6 Å². The first-order valence-corrected chi connectivity index (χ1v) is 10.3. The molecule has 0 spiro atoms. The average Bonchev–Trinajstić information content (AvgIpc) is 3.19. The first-order valence-electron chi connectivity index (χ1n) is 10.3. The minimum absolute atomic E-state index is 0.259. The Morgan fingerprint density at radius 1 is 1.06 bits per heavy atom. The Hall–Kier alpha value is -3.88. The lowest BCUT2D eigenvalue weighted by molar-refractivity contribution is -0.122. The van der Waals surface area contributed by atoms with Crippen molar-refractivity contribution in [2.75, 3.05) is 0 Å². The second-order valence-electron chi connectivity index (χ2n) is 7.93. The van der Waals surface area contributed by atoms with Crippen LogP contribution in [0.25, 0.3) is 16.9 Å². The molecule has 0 aliphatic rings. The maximum Gasteiger partial charge on any atom is 0.267 e. The molecule has 0 fully saturated rings. The van der Waals surface area contributed by atoms with Crippen LogP contribution in [-0.2, 0) is 11.3 Å². The van der Waals surface area contributed by atoms with Crippen molar-refractivity contribution >= 4 is 11.6 Å². The van der Waals surface area contributed by atoms with E-state index in [9.17, 15) is 14.0 Å². The van der Waals surface area contributed by atoms with Gasteiger partial charge in [0.05, 0.1) is 11.7 Å². The van der Waals surface area contributed by atoms with Crippen molar-refractivity contribution in [2.45, 2.75) is 32.9 Å². The summed E-state index contributed by atoms with van der Waals surface area (Å²) in [6.45, 7) is 3.80. The van der Waals surface area contributed by atoms with Gasteiger partial charge in [-0.2, -0.15) is 5.10 Å². The fraction of sp³-hybridized carbons (Fsp3) is 0.261. The van der Waals surface area contributed by atoms with Crippen molar-refractivity contribution in [3.8, 4) is 11.3 Å². The van der Waals surface area contributed by atoms with Gasteiger partial charge in [0, 0.05) is 17.8 Å². The predicted octanol–water partition coefficient (Wildman–Crippen LogP) is 3.00. The van der Waals surface area contributed by atoms with Crippen LogP contribution in [0.1, 0.15) is 32.1 Å². The monoisotopic (exact) mass is 434 g/mol. The van der Waals surface area contributed by atoms with E-state index in [4.69, 9.17) is 0 Å². The molecule has 1 atom stereocenters. The molecule has 0 radical (unpaired) electrons. The molecule has 3 heterocycles. The zero-order valence-electron chi connectivity index (χ0n) is 17.8. The summed E-state index contributed by atoms with van der Waals surface area (Å²) in [5.41, 5.74) is 0.765. The summed E-state index contributed by atoms with van der Waals surface area (Å²) in [6, 6.07) is 14.0. The number of benzene rings is 1. The van der Waals surface area contributed by atoms with Gasteiger partial charge in [-0.3, -0.25) is 14.0 Å². The SMILES string of the molecule is CC(C)C[C@@H](NC(=O)Cn1nc(-c2ccccc2F)ccc1=O)c1nnc2ccccn12. The number of hydrogen-bond donors (Lipinski definition) is 1. The zero-order valence-corrected chi connectivity index (χ0v) is 17.8. The minimum Gasteiger partial charge on any atom is -0.344 e. The summed E-state index contributed by atoms with van der Waals surface area (Å²) in [6.07, 6.45) is 2.48. The number of rotatable bonds is 7. The molecule has 0 saturated carbocycles. The van der Waals surface area contributed by atoms with E-state index in [1.54, 1.807) is 18.2 Å². The smallest absolute Gasteiger partial charge is 0.267 e. The fourth-order valence-corrected chi connectivity index (χ4v) is 3.55. The number of hydrogen-bond acceptors (Lipinski definition) is 5. The number of halogens is 1. The Balaban J connectivity index is 1.58. The third-order valence-electron chi connectivity index (χ3n) is 5.00.